The molecule has 1 aliphatic heterocycles. The van der Waals surface area contributed by atoms with Gasteiger partial charge in [-0.2, -0.15) is 0 Å². The van der Waals surface area contributed by atoms with E-state index in [2.05, 4.69) is 4.98 Å². The van der Waals surface area contributed by atoms with Gasteiger partial charge in [0, 0.05) is 43.0 Å². The van der Waals surface area contributed by atoms with Crippen molar-refractivity contribution >= 4 is 23.2 Å². The van der Waals surface area contributed by atoms with Crippen LogP contribution in [0.15, 0.2) is 6.20 Å². The lowest BCUT2D eigenvalue weighted by atomic mass is 9.77. The highest BCUT2D eigenvalue weighted by Crippen LogP contribution is 2.34. The Morgan fingerprint density at radius 3 is 2.50 bits per heavy atom. The maximum Gasteiger partial charge on any atom is 0.226 e. The molecule has 2 amide bonds. The fourth-order valence-corrected chi connectivity index (χ4v) is 4.82. The average molecular weight is 350 g/mol. The number of rotatable bonds is 4. The van der Waals surface area contributed by atoms with E-state index < -0.39 is 0 Å². The van der Waals surface area contributed by atoms with Gasteiger partial charge in [-0.3, -0.25) is 9.59 Å². The Bertz CT molecular complexity index is 595. The minimum absolute atomic E-state index is 0.116. The zero-order valence-electron chi connectivity index (χ0n) is 14.7. The SMILES string of the molecule is Cc1ncc(CN(C)C(=O)[C@H]2CCCC[C@@H]2C(=O)N2CCCC2)s1. The van der Waals surface area contributed by atoms with Crippen LogP contribution in [-0.2, 0) is 16.1 Å². The van der Waals surface area contributed by atoms with Crippen LogP contribution in [0.4, 0.5) is 0 Å². The maximum atomic E-state index is 13.0. The first-order valence-electron chi connectivity index (χ1n) is 9.01. The first kappa shape index (κ1) is 17.4. The molecular weight excluding hydrogens is 322 g/mol. The zero-order chi connectivity index (χ0) is 17.1. The lowest BCUT2D eigenvalue weighted by Crippen LogP contribution is -2.45. The monoisotopic (exact) mass is 349 g/mol. The third kappa shape index (κ3) is 3.79. The molecule has 0 bridgehead atoms. The average Bonchev–Trinajstić information content (AvgIpc) is 3.25. The Kier molecular flexibility index (Phi) is 5.54. The number of nitrogens with zero attached hydrogens (tertiary/aromatic N) is 3. The molecule has 2 atom stereocenters. The van der Waals surface area contributed by atoms with Crippen LogP contribution < -0.4 is 0 Å². The minimum Gasteiger partial charge on any atom is -0.342 e. The van der Waals surface area contributed by atoms with Gasteiger partial charge in [0.1, 0.15) is 0 Å². The summed E-state index contributed by atoms with van der Waals surface area (Å²) in [6.45, 7) is 4.30. The Morgan fingerprint density at radius 1 is 1.21 bits per heavy atom. The van der Waals surface area contributed by atoms with Crippen LogP contribution in [0.5, 0.6) is 0 Å². The van der Waals surface area contributed by atoms with Crippen molar-refractivity contribution in [2.24, 2.45) is 11.8 Å². The maximum absolute atomic E-state index is 13.0. The van der Waals surface area contributed by atoms with Crippen molar-refractivity contribution in [1.29, 1.82) is 0 Å². The van der Waals surface area contributed by atoms with Crippen molar-refractivity contribution in [3.8, 4) is 0 Å². The Balaban J connectivity index is 1.67. The van der Waals surface area contributed by atoms with Crippen LogP contribution in [-0.4, -0.2) is 46.7 Å². The molecule has 0 unspecified atom stereocenters. The van der Waals surface area contributed by atoms with Crippen LogP contribution in [0.3, 0.4) is 0 Å². The highest BCUT2D eigenvalue weighted by atomic mass is 32.1. The lowest BCUT2D eigenvalue weighted by Gasteiger charge is -2.34. The molecule has 1 saturated heterocycles. The molecule has 24 heavy (non-hydrogen) atoms. The van der Waals surface area contributed by atoms with Gasteiger partial charge in [-0.1, -0.05) is 12.8 Å². The number of likely N-dealkylation sites (tertiary alicyclic amines) is 1. The van der Waals surface area contributed by atoms with Crippen LogP contribution in [0.1, 0.15) is 48.4 Å². The van der Waals surface area contributed by atoms with E-state index in [1.165, 1.54) is 0 Å². The molecule has 2 aliphatic rings. The van der Waals surface area contributed by atoms with Crippen molar-refractivity contribution in [2.75, 3.05) is 20.1 Å². The molecule has 6 heteroatoms. The summed E-state index contributed by atoms with van der Waals surface area (Å²) in [6.07, 6.45) is 7.86. The second kappa shape index (κ2) is 7.64. The van der Waals surface area contributed by atoms with Gasteiger partial charge in [-0.25, -0.2) is 4.98 Å². The summed E-state index contributed by atoms with van der Waals surface area (Å²) in [5.41, 5.74) is 0. The Labute approximate surface area is 148 Å². The second-order valence-corrected chi connectivity index (χ2v) is 8.39. The van der Waals surface area contributed by atoms with E-state index in [0.717, 1.165) is 61.5 Å². The van der Waals surface area contributed by atoms with Gasteiger partial charge in [-0.05, 0) is 32.6 Å². The molecule has 1 saturated carbocycles. The number of carbonyl (C=O) groups is 2. The van der Waals surface area contributed by atoms with Gasteiger partial charge < -0.3 is 9.80 Å². The van der Waals surface area contributed by atoms with Crippen LogP contribution in [0.25, 0.3) is 0 Å². The topological polar surface area (TPSA) is 53.5 Å². The van der Waals surface area contributed by atoms with Gasteiger partial charge in [-0.15, -0.1) is 11.3 Å². The second-order valence-electron chi connectivity index (χ2n) is 7.07. The summed E-state index contributed by atoms with van der Waals surface area (Å²) in [6, 6.07) is 0. The van der Waals surface area contributed by atoms with E-state index >= 15 is 0 Å². The number of aromatic nitrogens is 1. The molecule has 5 nitrogen and oxygen atoms in total. The number of hydrogen-bond donors (Lipinski definition) is 0. The molecule has 3 rings (SSSR count). The summed E-state index contributed by atoms with van der Waals surface area (Å²) < 4.78 is 0. The van der Waals surface area contributed by atoms with Crippen molar-refractivity contribution in [3.05, 3.63) is 16.1 Å². The van der Waals surface area contributed by atoms with E-state index in [9.17, 15) is 9.59 Å². The number of amides is 2. The fourth-order valence-electron chi connectivity index (χ4n) is 3.97. The highest BCUT2D eigenvalue weighted by molar-refractivity contribution is 7.11. The van der Waals surface area contributed by atoms with Crippen molar-refractivity contribution in [3.63, 3.8) is 0 Å². The molecule has 1 aliphatic carbocycles. The van der Waals surface area contributed by atoms with E-state index in [4.69, 9.17) is 0 Å². The standard InChI is InChI=1S/C18H27N3O2S/c1-13-19-11-14(24-13)12-20(2)17(22)15-7-3-4-8-16(15)18(23)21-9-5-6-10-21/h11,15-16H,3-10,12H2,1-2H3/t15-,16-/m0/s1. The largest absolute Gasteiger partial charge is 0.342 e. The summed E-state index contributed by atoms with van der Waals surface area (Å²) in [4.78, 5) is 34.9. The van der Waals surface area contributed by atoms with E-state index in [-0.39, 0.29) is 23.7 Å². The molecule has 0 spiro atoms. The zero-order valence-corrected chi connectivity index (χ0v) is 15.5. The third-order valence-corrected chi connectivity index (χ3v) is 6.15. The van der Waals surface area contributed by atoms with Crippen molar-refractivity contribution < 1.29 is 9.59 Å². The van der Waals surface area contributed by atoms with Gasteiger partial charge >= 0.3 is 0 Å². The van der Waals surface area contributed by atoms with Gasteiger partial charge in [0.25, 0.3) is 0 Å². The lowest BCUT2D eigenvalue weighted by molar-refractivity contribution is -0.147. The van der Waals surface area contributed by atoms with Crippen LogP contribution in [0.2, 0.25) is 0 Å². The summed E-state index contributed by atoms with van der Waals surface area (Å²) in [7, 11) is 1.85. The molecule has 2 fully saturated rings. The highest BCUT2D eigenvalue weighted by Gasteiger charge is 2.39. The Morgan fingerprint density at radius 2 is 1.88 bits per heavy atom. The van der Waals surface area contributed by atoms with Crippen LogP contribution >= 0.6 is 11.3 Å². The molecule has 1 aromatic heterocycles. The molecule has 0 N–H and O–H groups in total. The predicted octanol–water partition coefficient (Wildman–Crippen LogP) is 2.84. The minimum atomic E-state index is -0.147. The van der Waals surface area contributed by atoms with E-state index in [1.807, 2.05) is 25.1 Å². The normalized spacial score (nSPS) is 24.2. The number of carbonyl (C=O) groups excluding carboxylic acids is 2. The van der Waals surface area contributed by atoms with Crippen LogP contribution in [0, 0.1) is 18.8 Å². The van der Waals surface area contributed by atoms with Gasteiger partial charge in [0.2, 0.25) is 11.8 Å². The first-order chi connectivity index (χ1) is 11.6. The van der Waals surface area contributed by atoms with Gasteiger partial charge in [0.05, 0.1) is 11.6 Å². The Hall–Kier alpha value is -1.43. The molecule has 2 heterocycles. The third-order valence-electron chi connectivity index (χ3n) is 5.26. The quantitative estimate of drug-likeness (QED) is 0.840. The predicted molar refractivity (Wildman–Crippen MR) is 94.6 cm³/mol. The smallest absolute Gasteiger partial charge is 0.226 e. The number of hydrogen-bond acceptors (Lipinski definition) is 4. The summed E-state index contributed by atoms with van der Waals surface area (Å²) in [5, 5.41) is 1.02. The molecule has 1 aromatic rings. The molecule has 132 valence electrons. The summed E-state index contributed by atoms with van der Waals surface area (Å²) >= 11 is 1.63. The molecule has 0 aromatic carbocycles. The van der Waals surface area contributed by atoms with Gasteiger partial charge in [0.15, 0.2) is 0 Å². The summed E-state index contributed by atoms with van der Waals surface area (Å²) in [5.74, 6) is 0.0757. The number of aryl methyl sites for hydroxylation is 1. The fraction of sp³-hybridized carbons (Fsp3) is 0.722. The first-order valence-corrected chi connectivity index (χ1v) is 9.83. The van der Waals surface area contributed by atoms with E-state index in [1.54, 1.807) is 16.2 Å². The van der Waals surface area contributed by atoms with Crippen molar-refractivity contribution in [1.82, 2.24) is 14.8 Å². The van der Waals surface area contributed by atoms with E-state index in [0.29, 0.717) is 6.54 Å². The van der Waals surface area contributed by atoms with Crippen molar-refractivity contribution in [2.45, 2.75) is 52.0 Å². The molecule has 0 radical (unpaired) electrons. The number of thiazole rings is 1. The molecular formula is C18H27N3O2S.